The van der Waals surface area contributed by atoms with Gasteiger partial charge in [-0.1, -0.05) is 51.2 Å². The summed E-state index contributed by atoms with van der Waals surface area (Å²) in [6, 6.07) is 0. The van der Waals surface area contributed by atoms with Gasteiger partial charge in [-0.15, -0.1) is 0 Å². The molecule has 2 fully saturated rings. The van der Waals surface area contributed by atoms with Crippen LogP contribution in [0.2, 0.25) is 0 Å². The molecule has 0 aromatic carbocycles. The minimum absolute atomic E-state index is 0.267. The van der Waals surface area contributed by atoms with Crippen LogP contribution in [0, 0.1) is 11.8 Å². The van der Waals surface area contributed by atoms with Crippen molar-refractivity contribution in [2.75, 3.05) is 24.7 Å². The highest BCUT2D eigenvalue weighted by molar-refractivity contribution is 7.99. The Labute approximate surface area is 188 Å². The number of fused-ring (bicyclic) bond motifs is 2. The van der Waals surface area contributed by atoms with Crippen molar-refractivity contribution in [3.05, 3.63) is 12.2 Å². The Hall–Kier alpha value is -0.520. The van der Waals surface area contributed by atoms with Crippen molar-refractivity contribution in [2.45, 2.75) is 103 Å². The van der Waals surface area contributed by atoms with Gasteiger partial charge in [-0.25, -0.2) is 0 Å². The summed E-state index contributed by atoms with van der Waals surface area (Å²) in [5.41, 5.74) is 0. The van der Waals surface area contributed by atoms with E-state index in [0.717, 1.165) is 38.9 Å². The molecular formula is C25H44O4S. The van der Waals surface area contributed by atoms with Gasteiger partial charge in [0.1, 0.15) is 0 Å². The molecule has 30 heavy (non-hydrogen) atoms. The molecule has 2 bridgehead atoms. The average Bonchev–Trinajstić information content (AvgIpc) is 3.33. The van der Waals surface area contributed by atoms with E-state index in [1.165, 1.54) is 62.9 Å². The third-order valence-corrected chi connectivity index (χ3v) is 7.65. The molecule has 4 atom stereocenters. The molecule has 0 amide bonds. The van der Waals surface area contributed by atoms with Crippen LogP contribution in [0.3, 0.4) is 0 Å². The van der Waals surface area contributed by atoms with Gasteiger partial charge in [0.2, 0.25) is 0 Å². The molecule has 1 N–H and O–H groups in total. The third-order valence-electron chi connectivity index (χ3n) is 6.46. The van der Waals surface area contributed by atoms with Gasteiger partial charge in [0.25, 0.3) is 0 Å². The second-order valence-corrected chi connectivity index (χ2v) is 10.1. The van der Waals surface area contributed by atoms with Crippen LogP contribution < -0.4 is 0 Å². The number of rotatable bonds is 19. The van der Waals surface area contributed by atoms with Crippen molar-refractivity contribution in [2.24, 2.45) is 11.8 Å². The molecule has 0 saturated carbocycles. The summed E-state index contributed by atoms with van der Waals surface area (Å²) in [5.74, 6) is 3.02. The molecule has 0 aliphatic carbocycles. The Morgan fingerprint density at radius 1 is 1.00 bits per heavy atom. The van der Waals surface area contributed by atoms with Crippen molar-refractivity contribution in [1.29, 1.82) is 0 Å². The third kappa shape index (κ3) is 10.2. The van der Waals surface area contributed by atoms with E-state index in [1.54, 1.807) is 0 Å². The van der Waals surface area contributed by atoms with E-state index in [0.29, 0.717) is 24.0 Å². The monoisotopic (exact) mass is 440 g/mol. The topological polar surface area (TPSA) is 55.8 Å². The molecule has 0 radical (unpaired) electrons. The fraction of sp³-hybridized carbons (Fsp3) is 0.880. The molecule has 2 aliphatic heterocycles. The molecule has 0 spiro atoms. The first-order valence-corrected chi connectivity index (χ1v) is 13.6. The normalized spacial score (nSPS) is 25.5. The lowest BCUT2D eigenvalue weighted by Crippen LogP contribution is -2.28. The molecule has 5 heteroatoms. The molecule has 4 nitrogen and oxygen atoms in total. The number of hydrogen-bond acceptors (Lipinski definition) is 4. The average molecular weight is 441 g/mol. The highest BCUT2D eigenvalue weighted by Crippen LogP contribution is 2.46. The number of allylic oxidation sites excluding steroid dienone is 2. The summed E-state index contributed by atoms with van der Waals surface area (Å²) in [4.78, 5) is 10.6. The second-order valence-electron chi connectivity index (χ2n) is 8.92. The molecule has 2 aliphatic rings. The van der Waals surface area contributed by atoms with Crippen LogP contribution in [0.25, 0.3) is 0 Å². The minimum atomic E-state index is -0.699. The summed E-state index contributed by atoms with van der Waals surface area (Å²) < 4.78 is 12.0. The number of carboxylic acid groups (broad SMARTS) is 1. The Balaban J connectivity index is 1.49. The second kappa shape index (κ2) is 16.2. The van der Waals surface area contributed by atoms with Crippen LogP contribution >= 0.6 is 11.8 Å². The summed E-state index contributed by atoms with van der Waals surface area (Å²) in [6.45, 7) is 4.09. The number of ether oxygens (including phenoxy) is 2. The van der Waals surface area contributed by atoms with Crippen LogP contribution in [-0.2, 0) is 14.3 Å². The first-order chi connectivity index (χ1) is 14.7. The van der Waals surface area contributed by atoms with Crippen molar-refractivity contribution in [3.63, 3.8) is 0 Å². The highest BCUT2D eigenvalue weighted by atomic mass is 32.2. The zero-order valence-electron chi connectivity index (χ0n) is 19.1. The van der Waals surface area contributed by atoms with Crippen LogP contribution in [0.1, 0.15) is 90.4 Å². The summed E-state index contributed by atoms with van der Waals surface area (Å²) >= 11 is 2.07. The summed E-state index contributed by atoms with van der Waals surface area (Å²) in [7, 11) is 0. The van der Waals surface area contributed by atoms with Gasteiger partial charge in [-0.3, -0.25) is 4.79 Å². The first-order valence-electron chi connectivity index (χ1n) is 12.4. The van der Waals surface area contributed by atoms with E-state index >= 15 is 0 Å². The van der Waals surface area contributed by atoms with E-state index in [9.17, 15) is 4.79 Å². The number of thioether (sulfide) groups is 1. The highest BCUT2D eigenvalue weighted by Gasteiger charge is 2.47. The Bertz CT molecular complexity index is 482. The maximum Gasteiger partial charge on any atom is 0.303 e. The molecule has 174 valence electrons. The zero-order valence-corrected chi connectivity index (χ0v) is 19.9. The predicted octanol–water partition coefficient (Wildman–Crippen LogP) is 6.48. The SMILES string of the molecule is CCCCCCCCOCCCSC[C@H]1[C@@H](CC=CCCCC(=O)O)[C@H]2CC[C@@H]1O2. The fourth-order valence-electron chi connectivity index (χ4n) is 4.74. The quantitative estimate of drug-likeness (QED) is 0.184. The lowest BCUT2D eigenvalue weighted by Gasteiger charge is -2.27. The van der Waals surface area contributed by atoms with Crippen molar-refractivity contribution in [1.82, 2.24) is 0 Å². The van der Waals surface area contributed by atoms with Crippen LogP contribution in [0.4, 0.5) is 0 Å². The van der Waals surface area contributed by atoms with E-state index in [4.69, 9.17) is 14.6 Å². The van der Waals surface area contributed by atoms with Crippen molar-refractivity contribution >= 4 is 17.7 Å². The number of carboxylic acids is 1. The fourth-order valence-corrected chi connectivity index (χ4v) is 5.96. The Morgan fingerprint density at radius 3 is 2.53 bits per heavy atom. The molecule has 2 saturated heterocycles. The van der Waals surface area contributed by atoms with Crippen LogP contribution in [0.5, 0.6) is 0 Å². The molecular weight excluding hydrogens is 396 g/mol. The van der Waals surface area contributed by atoms with Gasteiger partial charge in [0.05, 0.1) is 12.2 Å². The number of unbranched alkanes of at least 4 members (excludes halogenated alkanes) is 6. The summed E-state index contributed by atoms with van der Waals surface area (Å²) in [5, 5.41) is 8.71. The molecule has 0 aromatic rings. The molecule has 0 aromatic heterocycles. The minimum Gasteiger partial charge on any atom is -0.481 e. The van der Waals surface area contributed by atoms with Gasteiger partial charge in [-0.2, -0.15) is 11.8 Å². The lowest BCUT2D eigenvalue weighted by atomic mass is 9.78. The molecule has 2 heterocycles. The smallest absolute Gasteiger partial charge is 0.303 e. The van der Waals surface area contributed by atoms with Gasteiger partial charge in [0, 0.05) is 19.6 Å². The number of hydrogen-bond donors (Lipinski definition) is 1. The maximum absolute atomic E-state index is 10.6. The van der Waals surface area contributed by atoms with Gasteiger partial charge in [-0.05, 0) is 68.3 Å². The van der Waals surface area contributed by atoms with Crippen LogP contribution in [-0.4, -0.2) is 48.0 Å². The maximum atomic E-state index is 10.6. The standard InChI is InChI=1S/C25H44O4S/c1-2-3-4-5-8-11-17-28-18-12-19-30-20-22-21(23-15-16-24(22)29-23)13-9-6-7-10-14-25(26)27/h6,9,21-24H,2-5,7-8,10-20H2,1H3,(H,26,27)/t21-,22+,23-,24+/m1/s1. The lowest BCUT2D eigenvalue weighted by molar-refractivity contribution is -0.137. The van der Waals surface area contributed by atoms with Crippen molar-refractivity contribution < 1.29 is 19.4 Å². The van der Waals surface area contributed by atoms with Crippen molar-refractivity contribution in [3.8, 4) is 0 Å². The first kappa shape index (κ1) is 25.7. The summed E-state index contributed by atoms with van der Waals surface area (Å²) in [6.07, 6.45) is 19.9. The predicted molar refractivity (Wildman–Crippen MR) is 126 cm³/mol. The molecule has 0 unspecified atom stereocenters. The van der Waals surface area contributed by atoms with Gasteiger partial charge in [0.15, 0.2) is 0 Å². The number of carbonyl (C=O) groups is 1. The van der Waals surface area contributed by atoms with E-state index < -0.39 is 5.97 Å². The van der Waals surface area contributed by atoms with Gasteiger partial charge < -0.3 is 14.6 Å². The van der Waals surface area contributed by atoms with E-state index in [1.807, 2.05) is 0 Å². The number of aliphatic carboxylic acids is 1. The molecule has 2 rings (SSSR count). The largest absolute Gasteiger partial charge is 0.481 e. The zero-order chi connectivity index (χ0) is 21.4. The Morgan fingerprint density at radius 2 is 1.73 bits per heavy atom. The van der Waals surface area contributed by atoms with Crippen LogP contribution in [0.15, 0.2) is 12.2 Å². The van der Waals surface area contributed by atoms with E-state index in [2.05, 4.69) is 30.8 Å². The van der Waals surface area contributed by atoms with Gasteiger partial charge >= 0.3 is 5.97 Å². The van der Waals surface area contributed by atoms with E-state index in [-0.39, 0.29) is 6.42 Å². The Kier molecular flexibility index (Phi) is 13.9.